The number of aromatic nitrogens is 2. The standard InChI is InChI=1S/C12H12N4OS/c13-16-12(17)9-4-3-7-14-10(9)8-18-11-5-1-2-6-15-11/h1-7H,8,13H2,(H,16,17). The average Bonchev–Trinajstić information content (AvgIpc) is 2.45. The number of nitrogens with one attached hydrogen (secondary N) is 1. The summed E-state index contributed by atoms with van der Waals surface area (Å²) in [6, 6.07) is 9.10. The molecule has 0 aromatic carbocycles. The minimum atomic E-state index is -0.334. The zero-order valence-corrected chi connectivity index (χ0v) is 10.4. The van der Waals surface area contributed by atoms with Gasteiger partial charge >= 0.3 is 0 Å². The number of hydrogen-bond donors (Lipinski definition) is 2. The van der Waals surface area contributed by atoms with Gasteiger partial charge < -0.3 is 0 Å². The van der Waals surface area contributed by atoms with Crippen molar-refractivity contribution < 1.29 is 4.79 Å². The van der Waals surface area contributed by atoms with Gasteiger partial charge in [-0.15, -0.1) is 11.8 Å². The summed E-state index contributed by atoms with van der Waals surface area (Å²) in [7, 11) is 0. The van der Waals surface area contributed by atoms with Gasteiger partial charge in [0.1, 0.15) is 0 Å². The molecule has 0 aliphatic carbocycles. The van der Waals surface area contributed by atoms with Crippen LogP contribution in [-0.4, -0.2) is 15.9 Å². The van der Waals surface area contributed by atoms with Crippen molar-refractivity contribution in [1.29, 1.82) is 0 Å². The second-order valence-corrected chi connectivity index (χ2v) is 4.42. The van der Waals surface area contributed by atoms with Crippen molar-refractivity contribution in [3.63, 3.8) is 0 Å². The van der Waals surface area contributed by atoms with Gasteiger partial charge in [0.15, 0.2) is 0 Å². The van der Waals surface area contributed by atoms with Crippen LogP contribution in [-0.2, 0) is 5.75 Å². The topological polar surface area (TPSA) is 80.9 Å². The molecule has 0 aliphatic rings. The van der Waals surface area contributed by atoms with E-state index in [9.17, 15) is 4.79 Å². The Kier molecular flexibility index (Phi) is 4.27. The molecule has 0 saturated heterocycles. The summed E-state index contributed by atoms with van der Waals surface area (Å²) in [6.45, 7) is 0. The van der Waals surface area contributed by atoms with E-state index in [-0.39, 0.29) is 5.91 Å². The monoisotopic (exact) mass is 260 g/mol. The van der Waals surface area contributed by atoms with Crippen LogP contribution in [0.15, 0.2) is 47.8 Å². The van der Waals surface area contributed by atoms with Crippen molar-refractivity contribution >= 4 is 17.7 Å². The van der Waals surface area contributed by atoms with Gasteiger partial charge in [0.25, 0.3) is 5.91 Å². The fourth-order valence-corrected chi connectivity index (χ4v) is 2.24. The van der Waals surface area contributed by atoms with Crippen LogP contribution >= 0.6 is 11.8 Å². The molecule has 6 heteroatoms. The predicted molar refractivity (Wildman–Crippen MR) is 69.7 cm³/mol. The van der Waals surface area contributed by atoms with E-state index in [2.05, 4.69) is 15.4 Å². The van der Waals surface area contributed by atoms with E-state index in [1.54, 1.807) is 24.5 Å². The molecule has 2 heterocycles. The molecule has 3 N–H and O–H groups in total. The SMILES string of the molecule is NNC(=O)c1cccnc1CSc1ccccn1. The Hall–Kier alpha value is -1.92. The van der Waals surface area contributed by atoms with E-state index in [0.717, 1.165) is 5.03 Å². The molecule has 0 aliphatic heterocycles. The fraction of sp³-hybridized carbons (Fsp3) is 0.0833. The van der Waals surface area contributed by atoms with Crippen LogP contribution < -0.4 is 11.3 Å². The van der Waals surface area contributed by atoms with E-state index in [1.165, 1.54) is 11.8 Å². The number of thioether (sulfide) groups is 1. The first-order chi connectivity index (χ1) is 8.81. The summed E-state index contributed by atoms with van der Waals surface area (Å²) in [5.74, 6) is 5.37. The lowest BCUT2D eigenvalue weighted by molar-refractivity contribution is 0.0952. The molecule has 0 radical (unpaired) electrons. The number of amides is 1. The number of hydrazine groups is 1. The molecule has 0 fully saturated rings. The van der Waals surface area contributed by atoms with Gasteiger partial charge in [-0.1, -0.05) is 6.07 Å². The summed E-state index contributed by atoms with van der Waals surface area (Å²) in [4.78, 5) is 19.9. The molecule has 0 atom stereocenters. The Balaban J connectivity index is 2.12. The van der Waals surface area contributed by atoms with Crippen LogP contribution in [0.1, 0.15) is 16.1 Å². The fourth-order valence-electron chi connectivity index (χ4n) is 1.41. The van der Waals surface area contributed by atoms with Crippen molar-refractivity contribution in [2.45, 2.75) is 10.8 Å². The van der Waals surface area contributed by atoms with Crippen LogP contribution in [0, 0.1) is 0 Å². The molecular weight excluding hydrogens is 248 g/mol. The van der Waals surface area contributed by atoms with Gasteiger partial charge in [0.2, 0.25) is 0 Å². The minimum Gasteiger partial charge on any atom is -0.290 e. The van der Waals surface area contributed by atoms with Crippen molar-refractivity contribution in [1.82, 2.24) is 15.4 Å². The quantitative estimate of drug-likeness (QED) is 0.375. The van der Waals surface area contributed by atoms with E-state index < -0.39 is 0 Å². The maximum atomic E-state index is 11.5. The number of nitrogen functional groups attached to an aromatic ring is 1. The van der Waals surface area contributed by atoms with E-state index in [4.69, 9.17) is 5.84 Å². The smallest absolute Gasteiger partial charge is 0.267 e. The molecule has 2 aromatic heterocycles. The largest absolute Gasteiger partial charge is 0.290 e. The predicted octanol–water partition coefficient (Wildman–Crippen LogP) is 1.37. The average molecular weight is 260 g/mol. The van der Waals surface area contributed by atoms with Crippen molar-refractivity contribution in [2.24, 2.45) is 5.84 Å². The third-order valence-corrected chi connectivity index (χ3v) is 3.22. The molecule has 2 aromatic rings. The van der Waals surface area contributed by atoms with Crippen molar-refractivity contribution in [3.05, 3.63) is 54.0 Å². The lowest BCUT2D eigenvalue weighted by Crippen LogP contribution is -2.30. The highest BCUT2D eigenvalue weighted by molar-refractivity contribution is 7.98. The van der Waals surface area contributed by atoms with E-state index in [0.29, 0.717) is 17.0 Å². The summed E-state index contributed by atoms with van der Waals surface area (Å²) >= 11 is 1.52. The van der Waals surface area contributed by atoms with Gasteiger partial charge in [-0.05, 0) is 24.3 Å². The maximum Gasteiger partial charge on any atom is 0.267 e. The highest BCUT2D eigenvalue weighted by atomic mass is 32.2. The van der Waals surface area contributed by atoms with Gasteiger partial charge in [0, 0.05) is 18.1 Å². The molecule has 0 bridgehead atoms. The third-order valence-electron chi connectivity index (χ3n) is 2.26. The Morgan fingerprint density at radius 1 is 1.22 bits per heavy atom. The van der Waals surface area contributed by atoms with Crippen molar-refractivity contribution in [3.8, 4) is 0 Å². The number of hydrogen-bond acceptors (Lipinski definition) is 5. The summed E-state index contributed by atoms with van der Waals surface area (Å²) < 4.78 is 0. The van der Waals surface area contributed by atoms with Crippen LogP contribution in [0.25, 0.3) is 0 Å². The first-order valence-corrected chi connectivity index (χ1v) is 6.28. The van der Waals surface area contributed by atoms with Crippen LogP contribution in [0.5, 0.6) is 0 Å². The molecule has 0 saturated carbocycles. The van der Waals surface area contributed by atoms with E-state index in [1.807, 2.05) is 18.2 Å². The number of nitrogens with zero attached hydrogens (tertiary/aromatic N) is 2. The maximum absolute atomic E-state index is 11.5. The van der Waals surface area contributed by atoms with Crippen molar-refractivity contribution in [2.75, 3.05) is 0 Å². The molecule has 2 rings (SSSR count). The zero-order valence-electron chi connectivity index (χ0n) is 9.54. The summed E-state index contributed by atoms with van der Waals surface area (Å²) in [5, 5.41) is 0.891. The second kappa shape index (κ2) is 6.13. The summed E-state index contributed by atoms with van der Waals surface area (Å²) in [6.07, 6.45) is 3.38. The Bertz CT molecular complexity index is 533. The number of carbonyl (C=O) groups excluding carboxylic acids is 1. The van der Waals surface area contributed by atoms with E-state index >= 15 is 0 Å². The first kappa shape index (κ1) is 12.5. The zero-order chi connectivity index (χ0) is 12.8. The Morgan fingerprint density at radius 2 is 2.06 bits per heavy atom. The number of pyridine rings is 2. The van der Waals surface area contributed by atoms with Crippen LogP contribution in [0.3, 0.4) is 0 Å². The van der Waals surface area contributed by atoms with Gasteiger partial charge in [-0.25, -0.2) is 10.8 Å². The summed E-state index contributed by atoms with van der Waals surface area (Å²) in [5.41, 5.74) is 3.30. The van der Waals surface area contributed by atoms with Gasteiger partial charge in [-0.3, -0.25) is 15.2 Å². The van der Waals surface area contributed by atoms with Crippen LogP contribution in [0.2, 0.25) is 0 Å². The first-order valence-electron chi connectivity index (χ1n) is 5.30. The van der Waals surface area contributed by atoms with Crippen LogP contribution in [0.4, 0.5) is 0 Å². The third kappa shape index (κ3) is 3.06. The second-order valence-electron chi connectivity index (χ2n) is 3.43. The molecular formula is C12H12N4OS. The van der Waals surface area contributed by atoms with Gasteiger partial charge in [-0.2, -0.15) is 0 Å². The highest BCUT2D eigenvalue weighted by Crippen LogP contribution is 2.20. The molecule has 0 spiro atoms. The lowest BCUT2D eigenvalue weighted by Gasteiger charge is -2.06. The Morgan fingerprint density at radius 3 is 2.78 bits per heavy atom. The molecule has 18 heavy (non-hydrogen) atoms. The van der Waals surface area contributed by atoms with Gasteiger partial charge in [0.05, 0.1) is 16.3 Å². The molecule has 5 nitrogen and oxygen atoms in total. The lowest BCUT2D eigenvalue weighted by atomic mass is 10.2. The minimum absolute atomic E-state index is 0.334. The number of carbonyl (C=O) groups is 1. The molecule has 0 unspecified atom stereocenters. The molecule has 1 amide bonds. The highest BCUT2D eigenvalue weighted by Gasteiger charge is 2.11. The number of nitrogens with two attached hydrogens (primary N) is 1. The number of rotatable bonds is 4. The Labute approximate surface area is 109 Å². The normalized spacial score (nSPS) is 10.1. The molecule has 92 valence electrons.